The van der Waals surface area contributed by atoms with Gasteiger partial charge in [-0.2, -0.15) is 0 Å². The molecule has 0 aromatic carbocycles. The summed E-state index contributed by atoms with van der Waals surface area (Å²) in [4.78, 5) is 0. The number of nitrogens with zero attached hydrogens (tertiary/aromatic N) is 3. The Bertz CT molecular complexity index is 406. The molecule has 1 aliphatic carbocycles. The number of aliphatic hydroxyl groups is 1. The van der Waals surface area contributed by atoms with E-state index in [9.17, 15) is 5.11 Å². The molecule has 1 aromatic heterocycles. The fraction of sp³-hybridized carbons (Fsp3) is 0.875. The maximum absolute atomic E-state index is 9.39. The molecular weight excluding hydrogens is 250 g/mol. The predicted molar refractivity (Wildman–Crippen MR) is 80.6 cm³/mol. The van der Waals surface area contributed by atoms with Gasteiger partial charge in [0.2, 0.25) is 0 Å². The van der Waals surface area contributed by atoms with Crippen LogP contribution in [0, 0.1) is 5.92 Å². The minimum atomic E-state index is -0.0168. The first kappa shape index (κ1) is 15.5. The standard InChI is InChI=1S/C16H29N3O/c1-4-5-6-13-7-9-14(10-8-13)16-18-17-15(11-20)19(16)12(2)3/h12-14,20H,4-11H2,1-3H3. The van der Waals surface area contributed by atoms with E-state index >= 15 is 0 Å². The Labute approximate surface area is 122 Å². The fourth-order valence-corrected chi connectivity index (χ4v) is 3.49. The molecule has 1 saturated carbocycles. The van der Waals surface area contributed by atoms with Crippen LogP contribution in [0.3, 0.4) is 0 Å². The molecule has 0 aliphatic heterocycles. The number of aliphatic hydroxyl groups excluding tert-OH is 1. The fourth-order valence-electron chi connectivity index (χ4n) is 3.49. The number of rotatable bonds is 6. The smallest absolute Gasteiger partial charge is 0.159 e. The van der Waals surface area contributed by atoms with Crippen LogP contribution in [0.25, 0.3) is 0 Å². The van der Waals surface area contributed by atoms with Gasteiger partial charge in [0.25, 0.3) is 0 Å². The first-order valence-electron chi connectivity index (χ1n) is 8.21. The van der Waals surface area contributed by atoms with E-state index in [0.29, 0.717) is 17.8 Å². The van der Waals surface area contributed by atoms with E-state index in [1.54, 1.807) is 0 Å². The van der Waals surface area contributed by atoms with Crippen molar-refractivity contribution in [3.8, 4) is 0 Å². The van der Waals surface area contributed by atoms with Gasteiger partial charge in [0, 0.05) is 12.0 Å². The molecule has 0 radical (unpaired) electrons. The van der Waals surface area contributed by atoms with Crippen LogP contribution in [0.15, 0.2) is 0 Å². The van der Waals surface area contributed by atoms with Crippen molar-refractivity contribution in [2.24, 2.45) is 5.92 Å². The Morgan fingerprint density at radius 2 is 1.90 bits per heavy atom. The minimum Gasteiger partial charge on any atom is -0.388 e. The van der Waals surface area contributed by atoms with Crippen molar-refractivity contribution in [1.29, 1.82) is 0 Å². The Morgan fingerprint density at radius 3 is 2.45 bits per heavy atom. The molecule has 4 nitrogen and oxygen atoms in total. The summed E-state index contributed by atoms with van der Waals surface area (Å²) in [6.07, 6.45) is 9.17. The van der Waals surface area contributed by atoms with Crippen LogP contribution in [0.1, 0.15) is 89.3 Å². The first-order chi connectivity index (χ1) is 9.67. The molecule has 114 valence electrons. The van der Waals surface area contributed by atoms with Gasteiger partial charge in [0.15, 0.2) is 5.82 Å². The first-order valence-corrected chi connectivity index (χ1v) is 8.21. The summed E-state index contributed by atoms with van der Waals surface area (Å²) in [5.74, 6) is 3.25. The van der Waals surface area contributed by atoms with E-state index in [2.05, 4.69) is 35.5 Å². The lowest BCUT2D eigenvalue weighted by atomic mass is 9.79. The molecule has 0 amide bonds. The number of hydrogen-bond donors (Lipinski definition) is 1. The molecule has 20 heavy (non-hydrogen) atoms. The van der Waals surface area contributed by atoms with Crippen molar-refractivity contribution in [3.05, 3.63) is 11.6 Å². The zero-order valence-corrected chi connectivity index (χ0v) is 13.2. The lowest BCUT2D eigenvalue weighted by molar-refractivity contribution is 0.258. The monoisotopic (exact) mass is 279 g/mol. The molecule has 4 heteroatoms. The molecule has 0 unspecified atom stereocenters. The second-order valence-electron chi connectivity index (χ2n) is 6.46. The Balaban J connectivity index is 2.01. The summed E-state index contributed by atoms with van der Waals surface area (Å²) in [5, 5.41) is 17.9. The van der Waals surface area contributed by atoms with E-state index < -0.39 is 0 Å². The van der Waals surface area contributed by atoms with Gasteiger partial charge in [-0.3, -0.25) is 0 Å². The molecule has 1 heterocycles. The van der Waals surface area contributed by atoms with Crippen LogP contribution < -0.4 is 0 Å². The largest absolute Gasteiger partial charge is 0.388 e. The van der Waals surface area contributed by atoms with Crippen LogP contribution in [0.4, 0.5) is 0 Å². The highest BCUT2D eigenvalue weighted by atomic mass is 16.3. The second-order valence-corrected chi connectivity index (χ2v) is 6.46. The minimum absolute atomic E-state index is 0.0168. The molecule has 1 aromatic rings. The van der Waals surface area contributed by atoms with Crippen LogP contribution in [0.2, 0.25) is 0 Å². The zero-order valence-electron chi connectivity index (χ0n) is 13.2. The lowest BCUT2D eigenvalue weighted by Gasteiger charge is -2.29. The average molecular weight is 279 g/mol. The summed E-state index contributed by atoms with van der Waals surface area (Å²) in [6, 6.07) is 0.319. The van der Waals surface area contributed by atoms with Crippen molar-refractivity contribution in [1.82, 2.24) is 14.8 Å². The highest BCUT2D eigenvalue weighted by Crippen LogP contribution is 2.37. The predicted octanol–water partition coefficient (Wildman–Crippen LogP) is 3.82. The molecule has 0 saturated heterocycles. The highest BCUT2D eigenvalue weighted by Gasteiger charge is 2.27. The molecule has 2 rings (SSSR count). The van der Waals surface area contributed by atoms with Gasteiger partial charge in [-0.05, 0) is 45.4 Å². The van der Waals surface area contributed by atoms with Crippen molar-refractivity contribution in [2.45, 2.75) is 84.3 Å². The number of unbranched alkanes of at least 4 members (excludes halogenated alkanes) is 1. The van der Waals surface area contributed by atoms with Gasteiger partial charge in [0.1, 0.15) is 12.4 Å². The third-order valence-electron chi connectivity index (χ3n) is 4.63. The van der Waals surface area contributed by atoms with Gasteiger partial charge in [-0.25, -0.2) is 0 Å². The van der Waals surface area contributed by atoms with Crippen LogP contribution in [0.5, 0.6) is 0 Å². The molecule has 0 bridgehead atoms. The normalized spacial score (nSPS) is 23.4. The summed E-state index contributed by atoms with van der Waals surface area (Å²) in [5.41, 5.74) is 0. The van der Waals surface area contributed by atoms with E-state index in [1.807, 2.05) is 0 Å². The summed E-state index contributed by atoms with van der Waals surface area (Å²) in [6.45, 7) is 6.53. The van der Waals surface area contributed by atoms with Crippen LogP contribution >= 0.6 is 0 Å². The maximum atomic E-state index is 9.39. The number of hydrogen-bond acceptors (Lipinski definition) is 3. The number of aromatic nitrogens is 3. The van der Waals surface area contributed by atoms with Crippen molar-refractivity contribution < 1.29 is 5.11 Å². The third kappa shape index (κ3) is 3.40. The summed E-state index contributed by atoms with van der Waals surface area (Å²) >= 11 is 0. The quantitative estimate of drug-likeness (QED) is 0.861. The maximum Gasteiger partial charge on any atom is 0.159 e. The Kier molecular flexibility index (Phi) is 5.58. The summed E-state index contributed by atoms with van der Waals surface area (Å²) in [7, 11) is 0. The van der Waals surface area contributed by atoms with Gasteiger partial charge < -0.3 is 9.67 Å². The van der Waals surface area contributed by atoms with Crippen molar-refractivity contribution in [2.75, 3.05) is 0 Å². The van der Waals surface area contributed by atoms with E-state index in [1.165, 1.54) is 44.9 Å². The molecule has 1 aliphatic rings. The molecule has 1 fully saturated rings. The SMILES string of the molecule is CCCCC1CCC(c2nnc(CO)n2C(C)C)CC1. The molecule has 0 spiro atoms. The molecule has 1 N–H and O–H groups in total. The van der Waals surface area contributed by atoms with E-state index in [-0.39, 0.29) is 6.61 Å². The Hall–Kier alpha value is -0.900. The van der Waals surface area contributed by atoms with Crippen LogP contribution in [-0.2, 0) is 6.61 Å². The molecular formula is C16H29N3O. The van der Waals surface area contributed by atoms with Crippen molar-refractivity contribution >= 4 is 0 Å². The van der Waals surface area contributed by atoms with E-state index in [4.69, 9.17) is 0 Å². The van der Waals surface area contributed by atoms with Crippen molar-refractivity contribution in [3.63, 3.8) is 0 Å². The van der Waals surface area contributed by atoms with Crippen LogP contribution in [-0.4, -0.2) is 19.9 Å². The van der Waals surface area contributed by atoms with Gasteiger partial charge in [-0.15, -0.1) is 10.2 Å². The second kappa shape index (κ2) is 7.21. The third-order valence-corrected chi connectivity index (χ3v) is 4.63. The van der Waals surface area contributed by atoms with Gasteiger partial charge >= 0.3 is 0 Å². The van der Waals surface area contributed by atoms with Gasteiger partial charge in [-0.1, -0.05) is 26.2 Å². The van der Waals surface area contributed by atoms with E-state index in [0.717, 1.165) is 11.7 Å². The molecule has 0 atom stereocenters. The topological polar surface area (TPSA) is 50.9 Å². The Morgan fingerprint density at radius 1 is 1.20 bits per heavy atom. The average Bonchev–Trinajstić information content (AvgIpc) is 2.89. The highest BCUT2D eigenvalue weighted by molar-refractivity contribution is 5.04. The zero-order chi connectivity index (χ0) is 14.5. The van der Waals surface area contributed by atoms with Gasteiger partial charge in [0.05, 0.1) is 0 Å². The lowest BCUT2D eigenvalue weighted by Crippen LogP contribution is -2.19. The summed E-state index contributed by atoms with van der Waals surface area (Å²) < 4.78 is 2.14.